The summed E-state index contributed by atoms with van der Waals surface area (Å²) in [4.78, 5) is 12.5. The third-order valence-electron chi connectivity index (χ3n) is 6.89. The molecule has 174 valence electrons. The van der Waals surface area contributed by atoms with Crippen molar-refractivity contribution in [2.75, 3.05) is 19.6 Å². The lowest BCUT2D eigenvalue weighted by Crippen LogP contribution is -2.55. The SMILES string of the molecule is CC(C)CC1CCN(S(=O)(=O)N2CC[C@H](NC(=O)c3cc(C4CC4)on3)C[C@@H]2C)CC1. The predicted molar refractivity (Wildman–Crippen MR) is 118 cm³/mol. The number of hydrogen-bond donors (Lipinski definition) is 1. The third kappa shape index (κ3) is 5.31. The number of nitrogens with zero attached hydrogens (tertiary/aromatic N) is 3. The highest BCUT2D eigenvalue weighted by Crippen LogP contribution is 2.40. The van der Waals surface area contributed by atoms with E-state index < -0.39 is 10.2 Å². The summed E-state index contributed by atoms with van der Waals surface area (Å²) in [6.45, 7) is 8.02. The molecule has 1 aromatic rings. The van der Waals surface area contributed by atoms with Gasteiger partial charge in [0.25, 0.3) is 16.1 Å². The summed E-state index contributed by atoms with van der Waals surface area (Å²) in [6, 6.07) is 1.52. The highest BCUT2D eigenvalue weighted by atomic mass is 32.2. The van der Waals surface area contributed by atoms with Gasteiger partial charge >= 0.3 is 0 Å². The molecular weight excluding hydrogens is 416 g/mol. The Morgan fingerprint density at radius 2 is 1.90 bits per heavy atom. The van der Waals surface area contributed by atoms with Crippen LogP contribution >= 0.6 is 0 Å². The molecule has 0 radical (unpaired) electrons. The number of piperidine rings is 2. The van der Waals surface area contributed by atoms with Gasteiger partial charge in [0.15, 0.2) is 5.69 Å². The fraction of sp³-hybridized carbons (Fsp3) is 0.818. The van der Waals surface area contributed by atoms with E-state index in [9.17, 15) is 13.2 Å². The zero-order chi connectivity index (χ0) is 22.2. The molecule has 0 aromatic carbocycles. The highest BCUT2D eigenvalue weighted by molar-refractivity contribution is 7.86. The Bertz CT molecular complexity index is 872. The Morgan fingerprint density at radius 3 is 2.52 bits per heavy atom. The molecule has 0 unspecified atom stereocenters. The molecule has 3 fully saturated rings. The van der Waals surface area contributed by atoms with Crippen LogP contribution in [0.5, 0.6) is 0 Å². The number of carbonyl (C=O) groups excluding carboxylic acids is 1. The van der Waals surface area contributed by atoms with E-state index in [-0.39, 0.29) is 18.0 Å². The largest absolute Gasteiger partial charge is 0.360 e. The molecule has 1 N–H and O–H groups in total. The van der Waals surface area contributed by atoms with Gasteiger partial charge in [-0.2, -0.15) is 17.0 Å². The molecule has 3 aliphatic rings. The number of carbonyl (C=O) groups is 1. The topological polar surface area (TPSA) is 95.8 Å². The summed E-state index contributed by atoms with van der Waals surface area (Å²) >= 11 is 0. The molecule has 9 heteroatoms. The molecule has 0 spiro atoms. The molecule has 4 rings (SSSR count). The fourth-order valence-corrected chi connectivity index (χ4v) is 6.88. The summed E-state index contributed by atoms with van der Waals surface area (Å²) in [6.07, 6.45) is 6.45. The van der Waals surface area contributed by atoms with Gasteiger partial charge in [-0.25, -0.2) is 0 Å². The first kappa shape index (κ1) is 22.7. The normalized spacial score (nSPS) is 27.0. The van der Waals surface area contributed by atoms with Gasteiger partial charge in [0.05, 0.1) is 0 Å². The lowest BCUT2D eigenvalue weighted by Gasteiger charge is -2.41. The van der Waals surface area contributed by atoms with Gasteiger partial charge in [0.2, 0.25) is 0 Å². The Kier molecular flexibility index (Phi) is 6.74. The molecule has 1 aliphatic carbocycles. The van der Waals surface area contributed by atoms with Crippen molar-refractivity contribution in [2.45, 2.75) is 83.7 Å². The standard InChI is InChI=1S/C22H36N4O4S/c1-15(2)12-17-6-9-25(10-7-17)31(28,29)26-11-8-19(13-16(26)3)23-22(27)20-14-21(30-24-20)18-4-5-18/h14-19H,4-13H2,1-3H3,(H,23,27)/t16-,19-/m0/s1. The first-order valence-electron chi connectivity index (χ1n) is 11.8. The fourth-order valence-electron chi connectivity index (χ4n) is 5.03. The van der Waals surface area contributed by atoms with E-state index in [2.05, 4.69) is 24.3 Å². The van der Waals surface area contributed by atoms with Crippen molar-refractivity contribution < 1.29 is 17.7 Å². The second kappa shape index (κ2) is 9.19. The van der Waals surface area contributed by atoms with Gasteiger partial charge < -0.3 is 9.84 Å². The highest BCUT2D eigenvalue weighted by Gasteiger charge is 2.39. The van der Waals surface area contributed by atoms with Crippen LogP contribution in [-0.4, -0.2) is 59.8 Å². The molecule has 2 atom stereocenters. The zero-order valence-corrected chi connectivity index (χ0v) is 19.7. The zero-order valence-electron chi connectivity index (χ0n) is 18.9. The number of rotatable bonds is 7. The average molecular weight is 453 g/mol. The molecule has 0 bridgehead atoms. The van der Waals surface area contributed by atoms with Crippen LogP contribution in [0.1, 0.15) is 87.9 Å². The number of nitrogens with one attached hydrogen (secondary N) is 1. The molecule has 3 heterocycles. The summed E-state index contributed by atoms with van der Waals surface area (Å²) in [5.74, 6) is 2.24. The number of hydrogen-bond acceptors (Lipinski definition) is 5. The van der Waals surface area contributed by atoms with Crippen LogP contribution in [0.3, 0.4) is 0 Å². The maximum absolute atomic E-state index is 13.2. The van der Waals surface area contributed by atoms with Gasteiger partial charge in [0.1, 0.15) is 5.76 Å². The van der Waals surface area contributed by atoms with Crippen LogP contribution < -0.4 is 5.32 Å². The summed E-state index contributed by atoms with van der Waals surface area (Å²) in [5, 5.41) is 6.92. The van der Waals surface area contributed by atoms with Crippen molar-refractivity contribution in [2.24, 2.45) is 11.8 Å². The molecule has 1 amide bonds. The van der Waals surface area contributed by atoms with Gasteiger partial charge in [-0.15, -0.1) is 0 Å². The molecule has 31 heavy (non-hydrogen) atoms. The molecule has 1 aromatic heterocycles. The average Bonchev–Trinajstić information content (AvgIpc) is 3.44. The summed E-state index contributed by atoms with van der Waals surface area (Å²) < 4.78 is 35.0. The van der Waals surface area contributed by atoms with Crippen molar-refractivity contribution in [3.63, 3.8) is 0 Å². The minimum atomic E-state index is -3.46. The lowest BCUT2D eigenvalue weighted by molar-refractivity contribution is 0.0903. The maximum Gasteiger partial charge on any atom is 0.282 e. The van der Waals surface area contributed by atoms with Crippen molar-refractivity contribution >= 4 is 16.1 Å². The second-order valence-electron chi connectivity index (χ2n) is 10.0. The van der Waals surface area contributed by atoms with Crippen LogP contribution in [0, 0.1) is 11.8 Å². The van der Waals surface area contributed by atoms with E-state index in [0.29, 0.717) is 55.9 Å². The molecule has 2 saturated heterocycles. The van der Waals surface area contributed by atoms with Gasteiger partial charge in [-0.05, 0) is 63.7 Å². The Morgan fingerprint density at radius 1 is 1.19 bits per heavy atom. The van der Waals surface area contributed by atoms with E-state index in [1.807, 2.05) is 6.92 Å². The number of amides is 1. The molecule has 1 saturated carbocycles. The molecular formula is C22H36N4O4S. The van der Waals surface area contributed by atoms with E-state index in [4.69, 9.17) is 4.52 Å². The first-order chi connectivity index (χ1) is 14.7. The van der Waals surface area contributed by atoms with Crippen LogP contribution in [-0.2, 0) is 10.2 Å². The summed E-state index contributed by atoms with van der Waals surface area (Å²) in [7, 11) is -3.46. The van der Waals surface area contributed by atoms with Gasteiger partial charge in [-0.1, -0.05) is 19.0 Å². The van der Waals surface area contributed by atoms with Crippen LogP contribution in [0.15, 0.2) is 10.6 Å². The Labute approximate surface area is 185 Å². The van der Waals surface area contributed by atoms with Gasteiger partial charge in [-0.3, -0.25) is 4.79 Å². The van der Waals surface area contributed by atoms with Crippen LogP contribution in [0.2, 0.25) is 0 Å². The monoisotopic (exact) mass is 452 g/mol. The minimum absolute atomic E-state index is 0.0631. The van der Waals surface area contributed by atoms with Crippen molar-refractivity contribution in [3.05, 3.63) is 17.5 Å². The lowest BCUT2D eigenvalue weighted by atomic mass is 9.89. The van der Waals surface area contributed by atoms with E-state index in [1.54, 1.807) is 14.7 Å². The van der Waals surface area contributed by atoms with Crippen molar-refractivity contribution in [3.8, 4) is 0 Å². The third-order valence-corrected chi connectivity index (χ3v) is 9.04. The second-order valence-corrected chi connectivity index (χ2v) is 11.9. The molecule has 2 aliphatic heterocycles. The molecule has 8 nitrogen and oxygen atoms in total. The maximum atomic E-state index is 13.2. The quantitative estimate of drug-likeness (QED) is 0.686. The van der Waals surface area contributed by atoms with E-state index in [1.165, 1.54) is 6.42 Å². The Hall–Kier alpha value is -1.45. The summed E-state index contributed by atoms with van der Waals surface area (Å²) in [5.41, 5.74) is 0.314. The smallest absolute Gasteiger partial charge is 0.282 e. The number of aromatic nitrogens is 1. The van der Waals surface area contributed by atoms with Crippen molar-refractivity contribution in [1.82, 2.24) is 19.1 Å². The van der Waals surface area contributed by atoms with Crippen LogP contribution in [0.4, 0.5) is 0 Å². The van der Waals surface area contributed by atoms with Crippen molar-refractivity contribution in [1.29, 1.82) is 0 Å². The predicted octanol–water partition coefficient (Wildman–Crippen LogP) is 3.14. The van der Waals surface area contributed by atoms with Gasteiger partial charge in [0, 0.05) is 43.7 Å². The van der Waals surface area contributed by atoms with E-state index in [0.717, 1.165) is 31.4 Å². The Balaban J connectivity index is 1.29. The van der Waals surface area contributed by atoms with E-state index >= 15 is 0 Å². The minimum Gasteiger partial charge on any atom is -0.360 e. The first-order valence-corrected chi connectivity index (χ1v) is 13.2. The van der Waals surface area contributed by atoms with Crippen LogP contribution in [0.25, 0.3) is 0 Å².